The Morgan fingerprint density at radius 3 is 2.19 bits per heavy atom. The van der Waals surface area contributed by atoms with Crippen LogP contribution in [0.3, 0.4) is 0 Å². The van der Waals surface area contributed by atoms with Crippen LogP contribution in [0.2, 0.25) is 0 Å². The van der Waals surface area contributed by atoms with Crippen LogP contribution in [-0.4, -0.2) is 60.3 Å². The molecule has 0 spiro atoms. The molecular formula is C13H28N2O. The van der Waals surface area contributed by atoms with Crippen molar-refractivity contribution in [1.29, 1.82) is 0 Å². The van der Waals surface area contributed by atoms with Gasteiger partial charge in [-0.2, -0.15) is 0 Å². The number of likely N-dealkylation sites (N-methyl/N-ethyl adjacent to an activating group) is 1. The minimum Gasteiger partial charge on any atom is -0.393 e. The zero-order valence-corrected chi connectivity index (χ0v) is 11.0. The van der Waals surface area contributed by atoms with Gasteiger partial charge < -0.3 is 14.9 Å². The minimum absolute atomic E-state index is 0.0795. The summed E-state index contributed by atoms with van der Waals surface area (Å²) in [5.74, 6) is 0. The van der Waals surface area contributed by atoms with E-state index in [2.05, 4.69) is 23.6 Å². The van der Waals surface area contributed by atoms with Crippen LogP contribution >= 0.6 is 0 Å². The van der Waals surface area contributed by atoms with Crippen LogP contribution in [0.1, 0.15) is 39.5 Å². The third-order valence-corrected chi connectivity index (χ3v) is 3.58. The molecule has 0 amide bonds. The van der Waals surface area contributed by atoms with Crippen molar-refractivity contribution in [3.8, 4) is 0 Å². The first kappa shape index (κ1) is 13.9. The number of hydrogen-bond donors (Lipinski definition) is 1. The van der Waals surface area contributed by atoms with Crippen molar-refractivity contribution in [1.82, 2.24) is 9.80 Å². The van der Waals surface area contributed by atoms with Gasteiger partial charge in [0.15, 0.2) is 0 Å². The average Bonchev–Trinajstić information content (AvgIpc) is 2.34. The average molecular weight is 228 g/mol. The molecule has 96 valence electrons. The highest BCUT2D eigenvalue weighted by atomic mass is 16.3. The molecule has 1 atom stereocenters. The maximum atomic E-state index is 9.77. The molecule has 1 N–H and O–H groups in total. The number of hydrogen-bond acceptors (Lipinski definition) is 3. The molecule has 1 saturated heterocycles. The monoisotopic (exact) mass is 228 g/mol. The second kappa shape index (κ2) is 8.04. The first-order valence-corrected chi connectivity index (χ1v) is 6.89. The lowest BCUT2D eigenvalue weighted by atomic mass is 10.1. The van der Waals surface area contributed by atoms with E-state index in [1.807, 2.05) is 0 Å². The number of piperazine rings is 1. The number of aliphatic hydroxyl groups excluding tert-OH is 1. The normalized spacial score (nSPS) is 21.2. The topological polar surface area (TPSA) is 26.7 Å². The van der Waals surface area contributed by atoms with Crippen LogP contribution in [0.15, 0.2) is 0 Å². The van der Waals surface area contributed by atoms with Gasteiger partial charge in [-0.3, -0.25) is 0 Å². The van der Waals surface area contributed by atoms with Crippen molar-refractivity contribution in [3.05, 3.63) is 0 Å². The van der Waals surface area contributed by atoms with Gasteiger partial charge in [0, 0.05) is 32.7 Å². The Labute approximate surface area is 100 Å². The van der Waals surface area contributed by atoms with Gasteiger partial charge in [0.05, 0.1) is 6.10 Å². The van der Waals surface area contributed by atoms with Gasteiger partial charge in [-0.25, -0.2) is 0 Å². The molecule has 1 aliphatic heterocycles. The molecule has 16 heavy (non-hydrogen) atoms. The summed E-state index contributed by atoms with van der Waals surface area (Å²) in [7, 11) is 0. The van der Waals surface area contributed by atoms with E-state index in [1.54, 1.807) is 0 Å². The second-order valence-corrected chi connectivity index (χ2v) is 4.86. The third kappa shape index (κ3) is 5.28. The number of nitrogens with zero attached hydrogens (tertiary/aromatic N) is 2. The van der Waals surface area contributed by atoms with Crippen LogP contribution in [0.4, 0.5) is 0 Å². The van der Waals surface area contributed by atoms with Crippen molar-refractivity contribution < 1.29 is 5.11 Å². The molecule has 1 heterocycles. The molecule has 3 nitrogen and oxygen atoms in total. The lowest BCUT2D eigenvalue weighted by molar-refractivity contribution is 0.0998. The highest BCUT2D eigenvalue weighted by Crippen LogP contribution is 2.07. The quantitative estimate of drug-likeness (QED) is 0.716. The van der Waals surface area contributed by atoms with Gasteiger partial charge >= 0.3 is 0 Å². The number of aliphatic hydroxyl groups is 1. The van der Waals surface area contributed by atoms with Crippen molar-refractivity contribution >= 4 is 0 Å². The zero-order chi connectivity index (χ0) is 11.8. The second-order valence-electron chi connectivity index (χ2n) is 4.86. The third-order valence-electron chi connectivity index (χ3n) is 3.58. The Kier molecular flexibility index (Phi) is 7.01. The highest BCUT2D eigenvalue weighted by molar-refractivity contribution is 4.71. The Balaban J connectivity index is 2.05. The summed E-state index contributed by atoms with van der Waals surface area (Å²) < 4.78 is 0. The molecule has 0 aliphatic carbocycles. The van der Waals surface area contributed by atoms with Gasteiger partial charge in [-0.05, 0) is 19.4 Å². The molecule has 0 radical (unpaired) electrons. The minimum atomic E-state index is -0.0795. The standard InChI is InChI=1S/C13H28N2O/c1-3-5-6-13(16)7-8-15-11-9-14(4-2)10-12-15/h13,16H,3-12H2,1-2H3/t13-/m1/s1. The van der Waals surface area contributed by atoms with Crippen LogP contribution < -0.4 is 0 Å². The van der Waals surface area contributed by atoms with Crippen molar-refractivity contribution in [2.24, 2.45) is 0 Å². The Hall–Kier alpha value is -0.120. The smallest absolute Gasteiger partial charge is 0.0552 e. The summed E-state index contributed by atoms with van der Waals surface area (Å²) in [6.07, 6.45) is 4.19. The van der Waals surface area contributed by atoms with E-state index in [1.165, 1.54) is 39.1 Å². The summed E-state index contributed by atoms with van der Waals surface area (Å²) >= 11 is 0. The molecule has 0 aromatic carbocycles. The van der Waals surface area contributed by atoms with Gasteiger partial charge in [-0.1, -0.05) is 26.7 Å². The Bertz CT molecular complexity index is 167. The predicted molar refractivity (Wildman–Crippen MR) is 68.7 cm³/mol. The summed E-state index contributed by atoms with van der Waals surface area (Å²) in [6, 6.07) is 0. The largest absolute Gasteiger partial charge is 0.393 e. The summed E-state index contributed by atoms with van der Waals surface area (Å²) in [5.41, 5.74) is 0. The first-order valence-electron chi connectivity index (χ1n) is 6.89. The molecule has 3 heteroatoms. The molecule has 0 bridgehead atoms. The first-order chi connectivity index (χ1) is 7.76. The summed E-state index contributed by atoms with van der Waals surface area (Å²) in [5, 5.41) is 9.77. The Morgan fingerprint density at radius 2 is 1.62 bits per heavy atom. The molecule has 0 unspecified atom stereocenters. The molecular weight excluding hydrogens is 200 g/mol. The molecule has 0 saturated carbocycles. The number of rotatable bonds is 7. The van der Waals surface area contributed by atoms with Crippen LogP contribution in [0, 0.1) is 0 Å². The highest BCUT2D eigenvalue weighted by Gasteiger charge is 2.15. The SMILES string of the molecule is CCCC[C@@H](O)CCN1CCN(CC)CC1. The van der Waals surface area contributed by atoms with E-state index in [0.29, 0.717) is 0 Å². The van der Waals surface area contributed by atoms with Gasteiger partial charge in [0.2, 0.25) is 0 Å². The molecule has 1 rings (SSSR count). The fourth-order valence-electron chi connectivity index (χ4n) is 2.24. The fraction of sp³-hybridized carbons (Fsp3) is 1.00. The van der Waals surface area contributed by atoms with Crippen LogP contribution in [0.25, 0.3) is 0 Å². The molecule has 0 aromatic rings. The fourth-order valence-corrected chi connectivity index (χ4v) is 2.24. The maximum absolute atomic E-state index is 9.77. The van der Waals surface area contributed by atoms with E-state index in [-0.39, 0.29) is 6.10 Å². The van der Waals surface area contributed by atoms with E-state index in [4.69, 9.17) is 0 Å². The zero-order valence-electron chi connectivity index (χ0n) is 11.0. The number of unbranched alkanes of at least 4 members (excludes halogenated alkanes) is 1. The van der Waals surface area contributed by atoms with Crippen LogP contribution in [-0.2, 0) is 0 Å². The van der Waals surface area contributed by atoms with Crippen molar-refractivity contribution in [3.63, 3.8) is 0 Å². The lowest BCUT2D eigenvalue weighted by Crippen LogP contribution is -2.46. The van der Waals surface area contributed by atoms with Crippen molar-refractivity contribution in [2.75, 3.05) is 39.3 Å². The van der Waals surface area contributed by atoms with Crippen LogP contribution in [0.5, 0.6) is 0 Å². The van der Waals surface area contributed by atoms with E-state index in [0.717, 1.165) is 25.8 Å². The molecule has 1 fully saturated rings. The van der Waals surface area contributed by atoms with Gasteiger partial charge in [0.1, 0.15) is 0 Å². The van der Waals surface area contributed by atoms with Gasteiger partial charge in [0.25, 0.3) is 0 Å². The van der Waals surface area contributed by atoms with E-state index < -0.39 is 0 Å². The molecule has 0 aromatic heterocycles. The van der Waals surface area contributed by atoms with Gasteiger partial charge in [-0.15, -0.1) is 0 Å². The van der Waals surface area contributed by atoms with E-state index >= 15 is 0 Å². The Morgan fingerprint density at radius 1 is 1.00 bits per heavy atom. The predicted octanol–water partition coefficient (Wildman–Crippen LogP) is 1.57. The lowest BCUT2D eigenvalue weighted by Gasteiger charge is -2.34. The molecule has 1 aliphatic rings. The van der Waals surface area contributed by atoms with Crippen molar-refractivity contribution in [2.45, 2.75) is 45.6 Å². The van der Waals surface area contributed by atoms with E-state index in [9.17, 15) is 5.11 Å². The summed E-state index contributed by atoms with van der Waals surface area (Å²) in [6.45, 7) is 11.4. The maximum Gasteiger partial charge on any atom is 0.0552 e. The summed E-state index contributed by atoms with van der Waals surface area (Å²) in [4.78, 5) is 4.98.